The van der Waals surface area contributed by atoms with Crippen LogP contribution in [0.4, 0.5) is 24.5 Å². The number of anilines is 1. The lowest BCUT2D eigenvalue weighted by Gasteiger charge is -2.32. The first-order chi connectivity index (χ1) is 14.1. The molecule has 1 aliphatic heterocycles. The topological polar surface area (TPSA) is 105 Å². The first-order valence-electron chi connectivity index (χ1n) is 9.83. The molecule has 1 aromatic rings. The van der Waals surface area contributed by atoms with Crippen molar-refractivity contribution < 1.29 is 27.7 Å². The summed E-state index contributed by atoms with van der Waals surface area (Å²) in [5, 5.41) is 16.6. The third-order valence-corrected chi connectivity index (χ3v) is 5.29. The van der Waals surface area contributed by atoms with Gasteiger partial charge < -0.3 is 15.5 Å². The predicted octanol–water partition coefficient (Wildman–Crippen LogP) is 2.93. The zero-order valence-corrected chi connectivity index (χ0v) is 16.2. The highest BCUT2D eigenvalue weighted by molar-refractivity contribution is 5.81. The number of nitrogens with zero attached hydrogens (tertiary/aromatic N) is 2. The highest BCUT2D eigenvalue weighted by atomic mass is 19.4. The molecular weight excluding hydrogens is 405 g/mol. The number of carbonyl (C=O) groups excluding carboxylic acids is 2. The van der Waals surface area contributed by atoms with Gasteiger partial charge in [0.2, 0.25) is 11.8 Å². The molecule has 2 aliphatic rings. The Morgan fingerprint density at radius 2 is 1.83 bits per heavy atom. The minimum absolute atomic E-state index is 0.0133. The van der Waals surface area contributed by atoms with Crippen molar-refractivity contribution in [3.63, 3.8) is 0 Å². The van der Waals surface area contributed by atoms with Crippen LogP contribution in [0.25, 0.3) is 0 Å². The molecule has 3 rings (SSSR count). The van der Waals surface area contributed by atoms with E-state index in [2.05, 4.69) is 10.6 Å². The fraction of sp³-hybridized carbons (Fsp3) is 0.579. The first kappa shape index (κ1) is 21.8. The molecule has 0 aromatic heterocycles. The zero-order chi connectivity index (χ0) is 21.9. The minimum atomic E-state index is -4.68. The molecule has 1 aromatic carbocycles. The van der Waals surface area contributed by atoms with Crippen LogP contribution >= 0.6 is 0 Å². The maximum atomic E-state index is 12.7. The molecule has 164 valence electrons. The number of likely N-dealkylation sites (tertiary alicyclic amines) is 1. The molecule has 0 atom stereocenters. The summed E-state index contributed by atoms with van der Waals surface area (Å²) < 4.78 is 38.2. The number of nitro groups is 1. The Morgan fingerprint density at radius 1 is 1.17 bits per heavy atom. The Labute approximate surface area is 170 Å². The van der Waals surface area contributed by atoms with E-state index >= 15 is 0 Å². The van der Waals surface area contributed by atoms with Gasteiger partial charge in [0, 0.05) is 44.1 Å². The van der Waals surface area contributed by atoms with E-state index in [9.17, 15) is 32.9 Å². The van der Waals surface area contributed by atoms with Crippen LogP contribution < -0.4 is 10.6 Å². The van der Waals surface area contributed by atoms with Crippen LogP contribution in [0.2, 0.25) is 0 Å². The molecule has 1 saturated heterocycles. The fourth-order valence-corrected chi connectivity index (χ4v) is 3.45. The summed E-state index contributed by atoms with van der Waals surface area (Å²) in [5.74, 6) is 0.114. The molecule has 1 heterocycles. The lowest BCUT2D eigenvalue weighted by molar-refractivity contribution is -0.384. The van der Waals surface area contributed by atoms with Crippen LogP contribution in [0.1, 0.15) is 37.7 Å². The third-order valence-electron chi connectivity index (χ3n) is 5.29. The number of amides is 2. The van der Waals surface area contributed by atoms with Gasteiger partial charge in [0.25, 0.3) is 5.69 Å². The standard InChI is InChI=1S/C19H23F3N4O4/c20-19(21,22)13-3-4-15(16(11-13)26(29)30)23-8-5-17(27)24-14-6-9-25(10-7-14)18(28)12-1-2-12/h3-4,11-12,14,23H,1-2,5-10H2,(H,24,27). The molecule has 2 N–H and O–H groups in total. The SMILES string of the molecule is O=C(CCNc1ccc(C(F)(F)F)cc1[N+](=O)[O-])NC1CCN(C(=O)C2CC2)CC1. The van der Waals surface area contributed by atoms with Crippen molar-refractivity contribution in [2.45, 2.75) is 44.3 Å². The van der Waals surface area contributed by atoms with Crippen LogP contribution in [0.5, 0.6) is 0 Å². The van der Waals surface area contributed by atoms with Crippen molar-refractivity contribution in [1.82, 2.24) is 10.2 Å². The van der Waals surface area contributed by atoms with Gasteiger partial charge in [-0.3, -0.25) is 19.7 Å². The number of halogens is 3. The van der Waals surface area contributed by atoms with Gasteiger partial charge in [0.1, 0.15) is 5.69 Å². The van der Waals surface area contributed by atoms with E-state index in [0.717, 1.165) is 25.0 Å². The molecule has 0 unspecified atom stereocenters. The van der Waals surface area contributed by atoms with Gasteiger partial charge in [-0.05, 0) is 37.8 Å². The van der Waals surface area contributed by atoms with Crippen molar-refractivity contribution in [2.75, 3.05) is 25.0 Å². The number of carbonyl (C=O) groups is 2. The second-order valence-corrected chi connectivity index (χ2v) is 7.60. The first-order valence-corrected chi connectivity index (χ1v) is 9.83. The highest BCUT2D eigenvalue weighted by Crippen LogP contribution is 2.35. The van der Waals surface area contributed by atoms with E-state index in [1.165, 1.54) is 0 Å². The molecule has 0 bridgehead atoms. The quantitative estimate of drug-likeness (QED) is 0.513. The van der Waals surface area contributed by atoms with Crippen LogP contribution in [0.3, 0.4) is 0 Å². The fourth-order valence-electron chi connectivity index (χ4n) is 3.45. The second-order valence-electron chi connectivity index (χ2n) is 7.60. The average Bonchev–Trinajstić information content (AvgIpc) is 3.52. The van der Waals surface area contributed by atoms with Crippen LogP contribution in [0, 0.1) is 16.0 Å². The van der Waals surface area contributed by atoms with Crippen LogP contribution in [-0.4, -0.2) is 47.3 Å². The molecule has 1 aliphatic carbocycles. The Hall–Kier alpha value is -2.85. The summed E-state index contributed by atoms with van der Waals surface area (Å²) in [6.45, 7) is 1.25. The van der Waals surface area contributed by atoms with Crippen LogP contribution in [-0.2, 0) is 15.8 Å². The van der Waals surface area contributed by atoms with E-state index in [4.69, 9.17) is 0 Å². The van der Waals surface area contributed by atoms with Crippen molar-refractivity contribution >= 4 is 23.2 Å². The van der Waals surface area contributed by atoms with E-state index < -0.39 is 22.4 Å². The molecule has 2 fully saturated rings. The van der Waals surface area contributed by atoms with Gasteiger partial charge in [-0.25, -0.2) is 0 Å². The minimum Gasteiger partial charge on any atom is -0.379 e. The lowest BCUT2D eigenvalue weighted by atomic mass is 10.0. The monoisotopic (exact) mass is 428 g/mol. The number of hydrogen-bond donors (Lipinski definition) is 2. The Balaban J connectivity index is 1.44. The zero-order valence-electron chi connectivity index (χ0n) is 16.2. The van der Waals surface area contributed by atoms with E-state index in [1.54, 1.807) is 0 Å². The van der Waals surface area contributed by atoms with E-state index in [-0.39, 0.29) is 42.4 Å². The van der Waals surface area contributed by atoms with E-state index in [0.29, 0.717) is 32.0 Å². The number of nitrogens with one attached hydrogen (secondary N) is 2. The largest absolute Gasteiger partial charge is 0.416 e. The number of hydrogen-bond acceptors (Lipinski definition) is 5. The van der Waals surface area contributed by atoms with Crippen molar-refractivity contribution in [1.29, 1.82) is 0 Å². The molecule has 8 nitrogen and oxygen atoms in total. The maximum Gasteiger partial charge on any atom is 0.416 e. The smallest absolute Gasteiger partial charge is 0.379 e. The average molecular weight is 428 g/mol. The van der Waals surface area contributed by atoms with Gasteiger partial charge >= 0.3 is 6.18 Å². The van der Waals surface area contributed by atoms with Gasteiger partial charge in [-0.2, -0.15) is 13.2 Å². The normalized spacial score (nSPS) is 17.5. The van der Waals surface area contributed by atoms with E-state index in [1.807, 2.05) is 4.90 Å². The number of benzene rings is 1. The highest BCUT2D eigenvalue weighted by Gasteiger charge is 2.35. The Morgan fingerprint density at radius 3 is 2.40 bits per heavy atom. The molecule has 30 heavy (non-hydrogen) atoms. The number of rotatable bonds is 7. The number of alkyl halides is 3. The molecule has 2 amide bonds. The number of piperidine rings is 1. The van der Waals surface area contributed by atoms with Gasteiger partial charge in [0.15, 0.2) is 0 Å². The number of nitro benzene ring substituents is 1. The van der Waals surface area contributed by atoms with Crippen molar-refractivity contribution in [3.05, 3.63) is 33.9 Å². The Kier molecular flexibility index (Phi) is 6.47. The molecule has 0 radical (unpaired) electrons. The van der Waals surface area contributed by atoms with Gasteiger partial charge in [0.05, 0.1) is 10.5 Å². The molecule has 1 saturated carbocycles. The van der Waals surface area contributed by atoms with Gasteiger partial charge in [-0.1, -0.05) is 0 Å². The predicted molar refractivity (Wildman–Crippen MR) is 102 cm³/mol. The second kappa shape index (κ2) is 8.88. The summed E-state index contributed by atoms with van der Waals surface area (Å²) in [4.78, 5) is 36.2. The van der Waals surface area contributed by atoms with Crippen LogP contribution in [0.15, 0.2) is 18.2 Å². The van der Waals surface area contributed by atoms with Gasteiger partial charge in [-0.15, -0.1) is 0 Å². The maximum absolute atomic E-state index is 12.7. The summed E-state index contributed by atoms with van der Waals surface area (Å²) in [7, 11) is 0. The summed E-state index contributed by atoms with van der Waals surface area (Å²) >= 11 is 0. The molecular formula is C19H23F3N4O4. The molecule has 0 spiro atoms. The van der Waals surface area contributed by atoms with Crippen molar-refractivity contribution in [3.8, 4) is 0 Å². The molecule has 11 heteroatoms. The summed E-state index contributed by atoms with van der Waals surface area (Å²) in [6, 6.07) is 2.18. The Bertz CT molecular complexity index is 818. The van der Waals surface area contributed by atoms with Crippen molar-refractivity contribution in [2.24, 2.45) is 5.92 Å². The summed E-state index contributed by atoms with van der Waals surface area (Å²) in [6.07, 6.45) is -1.41. The lowest BCUT2D eigenvalue weighted by Crippen LogP contribution is -2.47. The summed E-state index contributed by atoms with van der Waals surface area (Å²) in [5.41, 5.74) is -1.88. The third kappa shape index (κ3) is 5.61.